The van der Waals surface area contributed by atoms with Gasteiger partial charge in [-0.05, 0) is 25.1 Å². The Hall–Kier alpha value is -1.52. The van der Waals surface area contributed by atoms with E-state index < -0.39 is 0 Å². The highest BCUT2D eigenvalue weighted by Gasteiger charge is 2.25. The van der Waals surface area contributed by atoms with E-state index >= 15 is 0 Å². The summed E-state index contributed by atoms with van der Waals surface area (Å²) in [4.78, 5) is 6.62. The molecule has 0 spiro atoms. The Balaban J connectivity index is 0.00000280. The maximum atomic E-state index is 6.01. The quantitative estimate of drug-likeness (QED) is 0.374. The van der Waals surface area contributed by atoms with E-state index in [0.29, 0.717) is 18.2 Å². The molecular formula is C19H27ClIN5O2. The molecular weight excluding hydrogens is 493 g/mol. The normalized spacial score (nSPS) is 18.4. The van der Waals surface area contributed by atoms with Gasteiger partial charge in [-0.2, -0.15) is 5.10 Å². The first-order valence-corrected chi connectivity index (χ1v) is 9.41. The second-order valence-corrected chi connectivity index (χ2v) is 7.00. The topological polar surface area (TPSA) is 63.9 Å². The molecule has 154 valence electrons. The number of aliphatic imine (C=N–C) groups is 1. The van der Waals surface area contributed by atoms with Crippen LogP contribution in [0.15, 0.2) is 41.7 Å². The molecule has 1 fully saturated rings. The number of nitrogens with zero attached hydrogens (tertiary/aromatic N) is 4. The zero-order valence-corrected chi connectivity index (χ0v) is 19.4. The van der Waals surface area contributed by atoms with Gasteiger partial charge in [0.2, 0.25) is 0 Å². The van der Waals surface area contributed by atoms with Gasteiger partial charge in [0.25, 0.3) is 0 Å². The van der Waals surface area contributed by atoms with Gasteiger partial charge in [0, 0.05) is 37.4 Å². The van der Waals surface area contributed by atoms with Crippen molar-refractivity contribution in [3.63, 3.8) is 0 Å². The van der Waals surface area contributed by atoms with Crippen LogP contribution in [0.2, 0.25) is 5.02 Å². The third-order valence-corrected chi connectivity index (χ3v) is 4.59. The maximum absolute atomic E-state index is 6.01. The summed E-state index contributed by atoms with van der Waals surface area (Å²) in [5.74, 6) is 1.60. The summed E-state index contributed by atoms with van der Waals surface area (Å²) in [6, 6.07) is 7.42. The Labute approximate surface area is 188 Å². The summed E-state index contributed by atoms with van der Waals surface area (Å²) in [6.07, 6.45) is 3.80. The summed E-state index contributed by atoms with van der Waals surface area (Å²) in [5, 5.41) is 8.29. The zero-order chi connectivity index (χ0) is 19.2. The van der Waals surface area contributed by atoms with E-state index in [1.807, 2.05) is 50.6 Å². The largest absolute Gasteiger partial charge is 0.489 e. The van der Waals surface area contributed by atoms with Gasteiger partial charge in [-0.15, -0.1) is 24.0 Å². The number of rotatable bonds is 5. The number of aryl methyl sites for hydroxylation is 1. The molecule has 2 unspecified atom stereocenters. The average molecular weight is 520 g/mol. The van der Waals surface area contributed by atoms with Gasteiger partial charge in [0.15, 0.2) is 5.96 Å². The molecule has 0 bridgehead atoms. The van der Waals surface area contributed by atoms with E-state index in [4.69, 9.17) is 21.1 Å². The molecule has 2 aromatic rings. The van der Waals surface area contributed by atoms with Gasteiger partial charge < -0.3 is 19.7 Å². The van der Waals surface area contributed by atoms with Crippen molar-refractivity contribution in [3.8, 4) is 5.75 Å². The number of ether oxygens (including phenoxy) is 2. The Bertz CT molecular complexity index is 785. The first kappa shape index (κ1) is 22.8. The van der Waals surface area contributed by atoms with Gasteiger partial charge >= 0.3 is 0 Å². The van der Waals surface area contributed by atoms with Crippen LogP contribution in [0.5, 0.6) is 5.75 Å². The SMILES string of the molecule is CN=C(NCC(C)Oc1cccc(Cl)c1)N1CCOC(c2cnn(C)c2)C1.I. The fourth-order valence-corrected chi connectivity index (χ4v) is 3.21. The van der Waals surface area contributed by atoms with Crippen molar-refractivity contribution in [2.24, 2.45) is 12.0 Å². The van der Waals surface area contributed by atoms with E-state index in [1.54, 1.807) is 11.7 Å². The molecule has 1 saturated heterocycles. The second-order valence-electron chi connectivity index (χ2n) is 6.57. The monoisotopic (exact) mass is 519 g/mol. The summed E-state index contributed by atoms with van der Waals surface area (Å²) < 4.78 is 13.6. The van der Waals surface area contributed by atoms with Crippen LogP contribution in [0.1, 0.15) is 18.6 Å². The van der Waals surface area contributed by atoms with Crippen molar-refractivity contribution >= 4 is 41.5 Å². The summed E-state index contributed by atoms with van der Waals surface area (Å²) >= 11 is 6.01. The highest BCUT2D eigenvalue weighted by molar-refractivity contribution is 14.0. The van der Waals surface area contributed by atoms with E-state index in [-0.39, 0.29) is 36.2 Å². The fraction of sp³-hybridized carbons (Fsp3) is 0.474. The van der Waals surface area contributed by atoms with E-state index in [0.717, 1.165) is 30.4 Å². The molecule has 0 aliphatic carbocycles. The van der Waals surface area contributed by atoms with Crippen LogP contribution in [-0.4, -0.2) is 60.0 Å². The lowest BCUT2D eigenvalue weighted by atomic mass is 10.1. The standard InChI is InChI=1S/C19H26ClN5O2.HI/c1-14(27-17-6-4-5-16(20)9-17)10-22-19(21-2)25-7-8-26-18(13-25)15-11-23-24(3)12-15;/h4-6,9,11-12,14,18H,7-8,10,13H2,1-3H3,(H,21,22);1H. The van der Waals surface area contributed by atoms with Crippen molar-refractivity contribution in [1.29, 1.82) is 0 Å². The van der Waals surface area contributed by atoms with Crippen molar-refractivity contribution in [3.05, 3.63) is 47.2 Å². The summed E-state index contributed by atoms with van der Waals surface area (Å²) in [6.45, 7) is 4.82. The Morgan fingerprint density at radius 1 is 1.50 bits per heavy atom. The molecule has 0 saturated carbocycles. The molecule has 9 heteroatoms. The molecule has 7 nitrogen and oxygen atoms in total. The average Bonchev–Trinajstić information content (AvgIpc) is 3.09. The van der Waals surface area contributed by atoms with Crippen LogP contribution in [-0.2, 0) is 11.8 Å². The first-order chi connectivity index (χ1) is 13.0. The van der Waals surface area contributed by atoms with Gasteiger partial charge in [-0.25, -0.2) is 0 Å². The lowest BCUT2D eigenvalue weighted by molar-refractivity contribution is -0.00814. The van der Waals surface area contributed by atoms with Crippen molar-refractivity contribution in [2.75, 3.05) is 33.3 Å². The predicted molar refractivity (Wildman–Crippen MR) is 122 cm³/mol. The van der Waals surface area contributed by atoms with Crippen molar-refractivity contribution < 1.29 is 9.47 Å². The van der Waals surface area contributed by atoms with Crippen LogP contribution in [0, 0.1) is 0 Å². The van der Waals surface area contributed by atoms with Crippen LogP contribution in [0.4, 0.5) is 0 Å². The van der Waals surface area contributed by atoms with Gasteiger partial charge in [0.1, 0.15) is 18.0 Å². The number of morpholine rings is 1. The first-order valence-electron chi connectivity index (χ1n) is 9.03. The third-order valence-electron chi connectivity index (χ3n) is 4.36. The number of benzene rings is 1. The molecule has 1 aromatic heterocycles. The van der Waals surface area contributed by atoms with Crippen LogP contribution in [0.3, 0.4) is 0 Å². The maximum Gasteiger partial charge on any atom is 0.193 e. The number of nitrogens with one attached hydrogen (secondary N) is 1. The van der Waals surface area contributed by atoms with E-state index in [9.17, 15) is 0 Å². The van der Waals surface area contributed by atoms with Crippen LogP contribution < -0.4 is 10.1 Å². The zero-order valence-electron chi connectivity index (χ0n) is 16.3. The summed E-state index contributed by atoms with van der Waals surface area (Å²) in [7, 11) is 3.70. The lowest BCUT2D eigenvalue weighted by Crippen LogP contribution is -2.49. The van der Waals surface area contributed by atoms with Crippen molar-refractivity contribution in [1.82, 2.24) is 20.0 Å². The van der Waals surface area contributed by atoms with Crippen molar-refractivity contribution in [2.45, 2.75) is 19.1 Å². The van der Waals surface area contributed by atoms with Crippen LogP contribution in [0.25, 0.3) is 0 Å². The minimum atomic E-state index is -0.0321. The van der Waals surface area contributed by atoms with Gasteiger partial charge in [-0.3, -0.25) is 9.67 Å². The van der Waals surface area contributed by atoms with Gasteiger partial charge in [-0.1, -0.05) is 17.7 Å². The number of hydrogen-bond acceptors (Lipinski definition) is 4. The Morgan fingerprint density at radius 2 is 2.32 bits per heavy atom. The molecule has 2 heterocycles. The molecule has 1 aromatic carbocycles. The second kappa shape index (κ2) is 10.9. The molecule has 0 amide bonds. The highest BCUT2D eigenvalue weighted by Crippen LogP contribution is 2.22. The number of hydrogen-bond donors (Lipinski definition) is 1. The minimum Gasteiger partial charge on any atom is -0.489 e. The van der Waals surface area contributed by atoms with Crippen LogP contribution >= 0.6 is 35.6 Å². The molecule has 3 rings (SSSR count). The molecule has 1 aliphatic heterocycles. The molecule has 1 N–H and O–H groups in total. The highest BCUT2D eigenvalue weighted by atomic mass is 127. The molecule has 1 aliphatic rings. The third kappa shape index (κ3) is 6.25. The van der Waals surface area contributed by atoms with E-state index in [2.05, 4.69) is 20.3 Å². The summed E-state index contributed by atoms with van der Waals surface area (Å²) in [5.41, 5.74) is 1.08. The Kier molecular flexibility index (Phi) is 8.84. The molecule has 2 atom stereocenters. The molecule has 0 radical (unpaired) electrons. The van der Waals surface area contributed by atoms with E-state index in [1.165, 1.54) is 0 Å². The number of halogens is 2. The fourth-order valence-electron chi connectivity index (χ4n) is 3.03. The van der Waals surface area contributed by atoms with Gasteiger partial charge in [0.05, 0.1) is 25.9 Å². The predicted octanol–water partition coefficient (Wildman–Crippen LogP) is 3.11. The smallest absolute Gasteiger partial charge is 0.193 e. The number of guanidine groups is 1. The molecule has 28 heavy (non-hydrogen) atoms. The number of aromatic nitrogens is 2. The lowest BCUT2D eigenvalue weighted by Gasteiger charge is -2.35. The minimum absolute atomic E-state index is 0. The Morgan fingerprint density at radius 3 is 3.00 bits per heavy atom.